The highest BCUT2D eigenvalue weighted by molar-refractivity contribution is 5.96. The van der Waals surface area contributed by atoms with Gasteiger partial charge in [0.25, 0.3) is 0 Å². The summed E-state index contributed by atoms with van der Waals surface area (Å²) >= 11 is 0. The van der Waals surface area contributed by atoms with E-state index in [1.807, 2.05) is 13.1 Å². The SMILES string of the molecule is CN1CCN(C(=O)CNC(=O)Nc2ccc3c(c2)NC(=O)CC3)CC1. The van der Waals surface area contributed by atoms with Crippen LogP contribution in [-0.4, -0.2) is 67.4 Å². The van der Waals surface area contributed by atoms with Crippen molar-refractivity contribution >= 4 is 29.2 Å². The number of hydrogen-bond acceptors (Lipinski definition) is 4. The smallest absolute Gasteiger partial charge is 0.319 e. The van der Waals surface area contributed by atoms with Crippen LogP contribution in [0, 0.1) is 0 Å². The van der Waals surface area contributed by atoms with Gasteiger partial charge in [-0.15, -0.1) is 0 Å². The Bertz CT molecular complexity index is 683. The molecule has 0 aromatic heterocycles. The van der Waals surface area contributed by atoms with Crippen LogP contribution >= 0.6 is 0 Å². The van der Waals surface area contributed by atoms with Crippen molar-refractivity contribution in [2.75, 3.05) is 50.4 Å². The standard InChI is InChI=1S/C17H23N5O3/c1-21-6-8-22(9-7-21)16(24)11-18-17(25)19-13-4-2-12-3-5-15(23)20-14(12)10-13/h2,4,10H,3,5-9,11H2,1H3,(H,20,23)(H2,18,19,25). The second-order valence-electron chi connectivity index (χ2n) is 6.41. The third-order valence-electron chi connectivity index (χ3n) is 4.52. The summed E-state index contributed by atoms with van der Waals surface area (Å²) in [5.41, 5.74) is 2.35. The lowest BCUT2D eigenvalue weighted by molar-refractivity contribution is -0.131. The molecule has 8 nitrogen and oxygen atoms in total. The number of carbonyl (C=O) groups excluding carboxylic acids is 3. The van der Waals surface area contributed by atoms with Gasteiger partial charge in [-0.05, 0) is 31.2 Å². The number of anilines is 2. The molecule has 2 heterocycles. The lowest BCUT2D eigenvalue weighted by Crippen LogP contribution is -2.50. The van der Waals surface area contributed by atoms with Gasteiger partial charge in [0.05, 0.1) is 6.54 Å². The Hall–Kier alpha value is -2.61. The van der Waals surface area contributed by atoms with Crippen molar-refractivity contribution in [2.45, 2.75) is 12.8 Å². The van der Waals surface area contributed by atoms with Gasteiger partial charge in [0, 0.05) is 44.0 Å². The topological polar surface area (TPSA) is 93.8 Å². The highest BCUT2D eigenvalue weighted by atomic mass is 16.2. The Morgan fingerprint density at radius 3 is 2.68 bits per heavy atom. The van der Waals surface area contributed by atoms with Crippen LogP contribution in [0.15, 0.2) is 18.2 Å². The number of hydrogen-bond donors (Lipinski definition) is 3. The first-order valence-corrected chi connectivity index (χ1v) is 8.45. The maximum absolute atomic E-state index is 12.1. The van der Waals surface area contributed by atoms with E-state index in [0.717, 1.165) is 24.3 Å². The number of nitrogens with zero attached hydrogens (tertiary/aromatic N) is 2. The van der Waals surface area contributed by atoms with E-state index >= 15 is 0 Å². The number of nitrogens with one attached hydrogen (secondary N) is 3. The number of amides is 4. The summed E-state index contributed by atoms with van der Waals surface area (Å²) in [4.78, 5) is 39.5. The molecule has 1 fully saturated rings. The molecule has 134 valence electrons. The fourth-order valence-corrected chi connectivity index (χ4v) is 2.95. The van der Waals surface area contributed by atoms with Gasteiger partial charge in [0.2, 0.25) is 11.8 Å². The molecule has 4 amide bonds. The predicted octanol–water partition coefficient (Wildman–Crippen LogP) is 0.467. The van der Waals surface area contributed by atoms with E-state index in [0.29, 0.717) is 31.6 Å². The highest BCUT2D eigenvalue weighted by Crippen LogP contribution is 2.25. The second-order valence-corrected chi connectivity index (χ2v) is 6.41. The summed E-state index contributed by atoms with van der Waals surface area (Å²) in [7, 11) is 2.02. The summed E-state index contributed by atoms with van der Waals surface area (Å²) in [5.74, 6) is -0.104. The molecule has 1 aromatic carbocycles. The quantitative estimate of drug-likeness (QED) is 0.742. The molecular formula is C17H23N5O3. The number of benzene rings is 1. The molecule has 0 bridgehead atoms. The first kappa shape index (κ1) is 17.2. The summed E-state index contributed by atoms with van der Waals surface area (Å²) < 4.78 is 0. The second kappa shape index (κ2) is 7.52. The minimum atomic E-state index is -0.440. The number of fused-ring (bicyclic) bond motifs is 1. The number of piperazine rings is 1. The van der Waals surface area contributed by atoms with Crippen molar-refractivity contribution in [2.24, 2.45) is 0 Å². The molecule has 8 heteroatoms. The van der Waals surface area contributed by atoms with E-state index in [-0.39, 0.29) is 18.4 Å². The molecule has 25 heavy (non-hydrogen) atoms. The fourth-order valence-electron chi connectivity index (χ4n) is 2.95. The summed E-state index contributed by atoms with van der Waals surface area (Å²) in [6, 6.07) is 4.97. The summed E-state index contributed by atoms with van der Waals surface area (Å²) in [6.07, 6.45) is 1.18. The first-order valence-electron chi connectivity index (χ1n) is 8.45. The lowest BCUT2D eigenvalue weighted by Gasteiger charge is -2.32. The Kier molecular flexibility index (Phi) is 5.18. The lowest BCUT2D eigenvalue weighted by atomic mass is 10.0. The molecule has 0 atom stereocenters. The maximum Gasteiger partial charge on any atom is 0.319 e. The Morgan fingerprint density at radius 1 is 1.16 bits per heavy atom. The summed E-state index contributed by atoms with van der Waals surface area (Å²) in [5, 5.41) is 8.07. The Labute approximate surface area is 146 Å². The minimum absolute atomic E-state index is 0.0214. The molecule has 0 spiro atoms. The monoisotopic (exact) mass is 345 g/mol. The number of likely N-dealkylation sites (N-methyl/N-ethyl adjacent to an activating group) is 1. The fraction of sp³-hybridized carbons (Fsp3) is 0.471. The molecule has 1 aromatic rings. The number of urea groups is 1. The van der Waals surface area contributed by atoms with Crippen LogP contribution < -0.4 is 16.0 Å². The van der Waals surface area contributed by atoms with E-state index in [2.05, 4.69) is 20.9 Å². The predicted molar refractivity (Wildman–Crippen MR) is 94.5 cm³/mol. The average molecular weight is 345 g/mol. The zero-order valence-corrected chi connectivity index (χ0v) is 14.3. The molecular weight excluding hydrogens is 322 g/mol. The molecule has 0 radical (unpaired) electrons. The van der Waals surface area contributed by atoms with Crippen molar-refractivity contribution in [1.82, 2.24) is 15.1 Å². The van der Waals surface area contributed by atoms with Gasteiger partial charge in [-0.1, -0.05) is 6.07 Å². The average Bonchev–Trinajstić information content (AvgIpc) is 2.60. The molecule has 0 saturated carbocycles. The Morgan fingerprint density at radius 2 is 1.92 bits per heavy atom. The van der Waals surface area contributed by atoms with Crippen LogP contribution in [0.2, 0.25) is 0 Å². The molecule has 2 aliphatic rings. The van der Waals surface area contributed by atoms with E-state index < -0.39 is 6.03 Å². The number of aryl methyl sites for hydroxylation is 1. The van der Waals surface area contributed by atoms with Crippen molar-refractivity contribution in [1.29, 1.82) is 0 Å². The molecule has 1 saturated heterocycles. The zero-order chi connectivity index (χ0) is 17.8. The van der Waals surface area contributed by atoms with Crippen molar-refractivity contribution in [3.8, 4) is 0 Å². The van der Waals surface area contributed by atoms with Gasteiger partial charge in [-0.3, -0.25) is 9.59 Å². The van der Waals surface area contributed by atoms with Crippen LogP contribution in [0.4, 0.5) is 16.2 Å². The zero-order valence-electron chi connectivity index (χ0n) is 14.3. The molecule has 2 aliphatic heterocycles. The van der Waals surface area contributed by atoms with Gasteiger partial charge in [-0.25, -0.2) is 4.79 Å². The third kappa shape index (κ3) is 4.48. The molecule has 3 rings (SSSR count). The summed E-state index contributed by atoms with van der Waals surface area (Å²) in [6.45, 7) is 3.03. The highest BCUT2D eigenvalue weighted by Gasteiger charge is 2.19. The van der Waals surface area contributed by atoms with Crippen LogP contribution in [0.3, 0.4) is 0 Å². The van der Waals surface area contributed by atoms with E-state index in [4.69, 9.17) is 0 Å². The van der Waals surface area contributed by atoms with E-state index in [1.54, 1.807) is 17.0 Å². The molecule has 3 N–H and O–H groups in total. The first-order chi connectivity index (χ1) is 12.0. The van der Waals surface area contributed by atoms with Crippen molar-refractivity contribution in [3.63, 3.8) is 0 Å². The van der Waals surface area contributed by atoms with Gasteiger partial charge >= 0.3 is 6.03 Å². The van der Waals surface area contributed by atoms with Crippen LogP contribution in [0.1, 0.15) is 12.0 Å². The third-order valence-corrected chi connectivity index (χ3v) is 4.52. The largest absolute Gasteiger partial charge is 0.339 e. The van der Waals surface area contributed by atoms with Crippen LogP contribution in [0.25, 0.3) is 0 Å². The minimum Gasteiger partial charge on any atom is -0.339 e. The normalized spacial score (nSPS) is 17.5. The molecule has 0 aliphatic carbocycles. The van der Waals surface area contributed by atoms with Crippen molar-refractivity contribution in [3.05, 3.63) is 23.8 Å². The van der Waals surface area contributed by atoms with Gasteiger partial charge in [0.1, 0.15) is 0 Å². The van der Waals surface area contributed by atoms with Gasteiger partial charge in [0.15, 0.2) is 0 Å². The van der Waals surface area contributed by atoms with Gasteiger partial charge in [-0.2, -0.15) is 0 Å². The molecule has 0 unspecified atom stereocenters. The van der Waals surface area contributed by atoms with E-state index in [1.165, 1.54) is 0 Å². The van der Waals surface area contributed by atoms with Crippen LogP contribution in [0.5, 0.6) is 0 Å². The Balaban J connectivity index is 1.48. The van der Waals surface area contributed by atoms with Gasteiger partial charge < -0.3 is 25.8 Å². The van der Waals surface area contributed by atoms with Crippen molar-refractivity contribution < 1.29 is 14.4 Å². The maximum atomic E-state index is 12.1. The van der Waals surface area contributed by atoms with E-state index in [9.17, 15) is 14.4 Å². The number of rotatable bonds is 3. The van der Waals surface area contributed by atoms with Crippen LogP contribution in [-0.2, 0) is 16.0 Å². The number of carbonyl (C=O) groups is 3.